The SMILES string of the molecule is Cc1cccc(NC(=O)c2cc3ccccc3c(/N=N/c3c(C#N)cnn3-c3ncccn3)c2O)c1. The van der Waals surface area contributed by atoms with Crippen molar-refractivity contribution in [2.45, 2.75) is 6.92 Å². The highest BCUT2D eigenvalue weighted by Gasteiger charge is 2.20. The number of azo groups is 1. The summed E-state index contributed by atoms with van der Waals surface area (Å²) >= 11 is 0. The van der Waals surface area contributed by atoms with E-state index < -0.39 is 5.91 Å². The number of hydrogen-bond donors (Lipinski definition) is 2. The zero-order valence-corrected chi connectivity index (χ0v) is 19.0. The molecule has 36 heavy (non-hydrogen) atoms. The van der Waals surface area contributed by atoms with Crippen LogP contribution >= 0.6 is 0 Å². The molecule has 0 atom stereocenters. The topological polar surface area (TPSA) is 141 Å². The van der Waals surface area contributed by atoms with Gasteiger partial charge in [0.1, 0.15) is 17.3 Å². The highest BCUT2D eigenvalue weighted by atomic mass is 16.3. The number of nitrogens with one attached hydrogen (secondary N) is 1. The Morgan fingerprint density at radius 2 is 1.86 bits per heavy atom. The van der Waals surface area contributed by atoms with Gasteiger partial charge in [-0.1, -0.05) is 36.4 Å². The molecule has 174 valence electrons. The molecule has 10 heteroatoms. The van der Waals surface area contributed by atoms with Gasteiger partial charge in [-0.25, -0.2) is 9.97 Å². The molecule has 0 aliphatic carbocycles. The van der Waals surface area contributed by atoms with Crippen LogP contribution in [0.15, 0.2) is 89.5 Å². The van der Waals surface area contributed by atoms with Gasteiger partial charge in [-0.2, -0.15) is 15.0 Å². The summed E-state index contributed by atoms with van der Waals surface area (Å²) in [6.45, 7) is 1.92. The van der Waals surface area contributed by atoms with Gasteiger partial charge in [0, 0.05) is 23.5 Å². The van der Waals surface area contributed by atoms with Gasteiger partial charge in [0.05, 0.1) is 11.8 Å². The van der Waals surface area contributed by atoms with Crippen LogP contribution < -0.4 is 5.32 Å². The van der Waals surface area contributed by atoms with E-state index >= 15 is 0 Å². The van der Waals surface area contributed by atoms with Gasteiger partial charge < -0.3 is 10.4 Å². The van der Waals surface area contributed by atoms with E-state index in [4.69, 9.17) is 0 Å². The molecule has 2 N–H and O–H groups in total. The van der Waals surface area contributed by atoms with E-state index in [0.29, 0.717) is 16.5 Å². The summed E-state index contributed by atoms with van der Waals surface area (Å²) in [5.41, 5.74) is 1.83. The fourth-order valence-electron chi connectivity index (χ4n) is 3.67. The Kier molecular flexibility index (Phi) is 5.86. The first-order valence-corrected chi connectivity index (χ1v) is 10.8. The highest BCUT2D eigenvalue weighted by molar-refractivity contribution is 6.11. The van der Waals surface area contributed by atoms with Crippen LogP contribution in [0.4, 0.5) is 17.2 Å². The molecule has 0 bridgehead atoms. The third-order valence-corrected chi connectivity index (χ3v) is 5.37. The number of rotatable bonds is 5. The second-order valence-corrected chi connectivity index (χ2v) is 7.82. The number of aromatic hydroxyl groups is 1. The molecule has 0 radical (unpaired) electrons. The fraction of sp³-hybridized carbons (Fsp3) is 0.0385. The minimum Gasteiger partial charge on any atom is -0.505 e. The molecule has 0 aliphatic heterocycles. The van der Waals surface area contributed by atoms with Gasteiger partial charge in [-0.05, 0) is 42.1 Å². The Hall–Kier alpha value is -5.43. The first-order chi connectivity index (χ1) is 17.5. The van der Waals surface area contributed by atoms with Gasteiger partial charge >= 0.3 is 0 Å². The molecule has 0 unspecified atom stereocenters. The summed E-state index contributed by atoms with van der Waals surface area (Å²) in [7, 11) is 0. The van der Waals surface area contributed by atoms with Crippen LogP contribution in [-0.2, 0) is 0 Å². The second-order valence-electron chi connectivity index (χ2n) is 7.82. The lowest BCUT2D eigenvalue weighted by molar-refractivity contribution is 0.102. The Labute approximate surface area is 205 Å². The number of aryl methyl sites for hydroxylation is 1. The number of carbonyl (C=O) groups is 1. The molecule has 3 aromatic carbocycles. The van der Waals surface area contributed by atoms with Crippen molar-refractivity contribution >= 4 is 33.9 Å². The number of fused-ring (bicyclic) bond motifs is 1. The van der Waals surface area contributed by atoms with Crippen molar-refractivity contribution in [3.8, 4) is 17.8 Å². The summed E-state index contributed by atoms with van der Waals surface area (Å²) in [5.74, 6) is -0.556. The lowest BCUT2D eigenvalue weighted by Crippen LogP contribution is -2.12. The van der Waals surface area contributed by atoms with Gasteiger partial charge in [-0.15, -0.1) is 10.2 Å². The lowest BCUT2D eigenvalue weighted by Gasteiger charge is -2.11. The number of anilines is 1. The van der Waals surface area contributed by atoms with E-state index in [1.807, 2.05) is 37.3 Å². The van der Waals surface area contributed by atoms with E-state index in [1.54, 1.807) is 36.4 Å². The molecule has 10 nitrogen and oxygen atoms in total. The Morgan fingerprint density at radius 3 is 2.64 bits per heavy atom. The monoisotopic (exact) mass is 474 g/mol. The lowest BCUT2D eigenvalue weighted by atomic mass is 10.0. The van der Waals surface area contributed by atoms with Crippen LogP contribution in [0.25, 0.3) is 16.7 Å². The van der Waals surface area contributed by atoms with Crippen LogP contribution in [0, 0.1) is 18.3 Å². The summed E-state index contributed by atoms with van der Waals surface area (Å²) in [5, 5.41) is 37.3. The normalized spacial score (nSPS) is 11.0. The second kappa shape index (κ2) is 9.44. The number of nitriles is 1. The Balaban J connectivity index is 1.61. The fourth-order valence-corrected chi connectivity index (χ4v) is 3.67. The molecule has 2 aromatic heterocycles. The van der Waals surface area contributed by atoms with Crippen molar-refractivity contribution in [2.75, 3.05) is 5.32 Å². The van der Waals surface area contributed by atoms with E-state index in [1.165, 1.54) is 23.3 Å². The smallest absolute Gasteiger partial charge is 0.259 e. The zero-order valence-electron chi connectivity index (χ0n) is 19.0. The van der Waals surface area contributed by atoms with Crippen molar-refractivity contribution in [3.05, 3.63) is 95.9 Å². The Bertz CT molecular complexity index is 1670. The summed E-state index contributed by atoms with van der Waals surface area (Å²) < 4.78 is 1.27. The van der Waals surface area contributed by atoms with E-state index in [9.17, 15) is 15.2 Å². The molecule has 1 amide bonds. The number of hydrogen-bond acceptors (Lipinski definition) is 8. The average molecular weight is 474 g/mol. The minimum absolute atomic E-state index is 0.0320. The van der Waals surface area contributed by atoms with Crippen molar-refractivity contribution in [1.29, 1.82) is 5.26 Å². The quantitative estimate of drug-likeness (QED) is 0.328. The van der Waals surface area contributed by atoms with Gasteiger partial charge in [-0.3, -0.25) is 4.79 Å². The summed E-state index contributed by atoms with van der Waals surface area (Å²) in [6.07, 6.45) is 4.40. The minimum atomic E-state index is -0.499. The predicted octanol–water partition coefficient (Wildman–Crippen LogP) is 5.37. The van der Waals surface area contributed by atoms with Gasteiger partial charge in [0.15, 0.2) is 11.6 Å². The van der Waals surface area contributed by atoms with Crippen molar-refractivity contribution < 1.29 is 9.90 Å². The Morgan fingerprint density at radius 1 is 1.06 bits per heavy atom. The number of nitrogens with zero attached hydrogens (tertiary/aromatic N) is 7. The largest absolute Gasteiger partial charge is 0.505 e. The zero-order chi connectivity index (χ0) is 25.1. The van der Waals surface area contributed by atoms with Crippen molar-refractivity contribution in [3.63, 3.8) is 0 Å². The van der Waals surface area contributed by atoms with Crippen LogP contribution in [0.1, 0.15) is 21.5 Å². The predicted molar refractivity (Wildman–Crippen MR) is 133 cm³/mol. The first kappa shape index (κ1) is 22.4. The molecule has 0 spiro atoms. The maximum atomic E-state index is 13.1. The highest BCUT2D eigenvalue weighted by Crippen LogP contribution is 2.40. The number of phenolic OH excluding ortho intramolecular Hbond substituents is 1. The molecule has 5 rings (SSSR count). The molecular weight excluding hydrogens is 456 g/mol. The van der Waals surface area contributed by atoms with E-state index in [0.717, 1.165) is 5.56 Å². The number of amides is 1. The molecule has 0 aliphatic rings. The van der Waals surface area contributed by atoms with Gasteiger partial charge in [0.25, 0.3) is 11.9 Å². The average Bonchev–Trinajstić information content (AvgIpc) is 3.31. The number of aromatic nitrogens is 4. The van der Waals surface area contributed by atoms with E-state index in [-0.39, 0.29) is 34.3 Å². The number of benzene rings is 3. The molecule has 0 saturated heterocycles. The molecule has 2 heterocycles. The summed E-state index contributed by atoms with van der Waals surface area (Å²) in [4.78, 5) is 21.4. The molecule has 5 aromatic rings. The first-order valence-electron chi connectivity index (χ1n) is 10.8. The van der Waals surface area contributed by atoms with Gasteiger partial charge in [0.2, 0.25) is 0 Å². The standard InChI is InChI=1S/C26H18N8O2/c1-16-6-4-8-19(12-16)31-25(36)21-13-17-7-2-3-9-20(17)22(23(21)35)32-33-24-18(14-27)15-30-34(24)26-28-10-5-11-29-26/h2-13,15,35H,1H3,(H,31,36)/b33-32+. The maximum Gasteiger partial charge on any atom is 0.259 e. The van der Waals surface area contributed by atoms with Crippen molar-refractivity contribution in [1.82, 2.24) is 19.7 Å². The third-order valence-electron chi connectivity index (χ3n) is 5.37. The van der Waals surface area contributed by atoms with Crippen LogP contribution in [0.3, 0.4) is 0 Å². The van der Waals surface area contributed by atoms with Crippen LogP contribution in [0.5, 0.6) is 5.75 Å². The third kappa shape index (κ3) is 4.24. The number of carbonyl (C=O) groups excluding carboxylic acids is 1. The maximum absolute atomic E-state index is 13.1. The molecule has 0 fully saturated rings. The van der Waals surface area contributed by atoms with Crippen molar-refractivity contribution in [2.24, 2.45) is 10.2 Å². The number of phenols is 1. The van der Waals surface area contributed by atoms with E-state index in [2.05, 4.69) is 30.6 Å². The summed E-state index contributed by atoms with van der Waals surface area (Å²) in [6, 6.07) is 19.8. The van der Waals surface area contributed by atoms with Crippen LogP contribution in [-0.4, -0.2) is 30.8 Å². The molecule has 0 saturated carbocycles. The molecular formula is C26H18N8O2. The van der Waals surface area contributed by atoms with Crippen LogP contribution in [0.2, 0.25) is 0 Å².